The molecule has 0 aliphatic carbocycles. The molecule has 276 valence electrons. The van der Waals surface area contributed by atoms with Gasteiger partial charge in [-0.3, -0.25) is 4.79 Å². The van der Waals surface area contributed by atoms with Crippen molar-refractivity contribution in [1.29, 1.82) is 0 Å². The Morgan fingerprint density at radius 3 is 1.43 bits per heavy atom. The molecular weight excluding hydrogens is 574 g/mol. The Bertz CT molecular complexity index is 618. The van der Waals surface area contributed by atoms with E-state index in [1.807, 2.05) is 4.90 Å². The Hall–Kier alpha value is -0.690. The molecule has 0 aliphatic rings. The first-order valence-electron chi connectivity index (χ1n) is 20.3. The maximum Gasteiger partial charge on any atom is 0.251 e. The van der Waals surface area contributed by atoms with Crippen LogP contribution in [0.4, 0.5) is 0 Å². The predicted molar refractivity (Wildman–Crippen MR) is 197 cm³/mol. The van der Waals surface area contributed by atoms with Crippen molar-refractivity contribution in [2.75, 3.05) is 33.4 Å². The number of amides is 1. The number of rotatable bonds is 37. The molecule has 0 saturated heterocycles. The van der Waals surface area contributed by atoms with E-state index in [9.17, 15) is 15.0 Å². The van der Waals surface area contributed by atoms with E-state index in [-0.39, 0.29) is 24.7 Å². The van der Waals surface area contributed by atoms with Crippen molar-refractivity contribution in [2.24, 2.45) is 0 Å². The second-order valence-electron chi connectivity index (χ2n) is 14.0. The number of nitrogens with zero attached hydrogens (tertiary/aromatic N) is 1. The molecule has 2 N–H and O–H groups in total. The fourth-order valence-electron chi connectivity index (χ4n) is 6.43. The quantitative estimate of drug-likeness (QED) is 0.0651. The zero-order valence-electron chi connectivity index (χ0n) is 31.4. The Kier molecular flexibility index (Phi) is 35.1. The van der Waals surface area contributed by atoms with Crippen LogP contribution in [0.25, 0.3) is 0 Å². The molecule has 1 amide bonds. The van der Waals surface area contributed by atoms with Gasteiger partial charge in [0.1, 0.15) is 6.10 Å². The summed E-state index contributed by atoms with van der Waals surface area (Å²) < 4.78 is 11.9. The molecule has 3 atom stereocenters. The number of aliphatic hydroxyl groups is 2. The van der Waals surface area contributed by atoms with Crippen LogP contribution in [-0.4, -0.2) is 72.7 Å². The maximum atomic E-state index is 13.8. The third-order valence-corrected chi connectivity index (χ3v) is 9.52. The molecule has 46 heavy (non-hydrogen) atoms. The summed E-state index contributed by atoms with van der Waals surface area (Å²) >= 11 is 0. The smallest absolute Gasteiger partial charge is 0.251 e. The second kappa shape index (κ2) is 35.6. The first-order valence-corrected chi connectivity index (χ1v) is 20.3. The van der Waals surface area contributed by atoms with Gasteiger partial charge >= 0.3 is 0 Å². The fourth-order valence-corrected chi connectivity index (χ4v) is 6.43. The fraction of sp³-hybridized carbons (Fsp3) is 0.975. The molecule has 0 aromatic rings. The summed E-state index contributed by atoms with van der Waals surface area (Å²) in [6.45, 7) is 8.33. The summed E-state index contributed by atoms with van der Waals surface area (Å²) in [5.41, 5.74) is 0. The molecule has 0 fully saturated rings. The standard InChI is InChI=1S/C40H81NO5/c1-5-8-10-12-14-16-18-19-20-21-23-25-27-29-34-46-39(30-28-26-24-22-17-15-13-11-9-6-2)40(44)41(32-7-3)33-31-38(45-4)35-37(43)36-42/h37-39,42-43H,5-36H2,1-4H3. The van der Waals surface area contributed by atoms with Gasteiger partial charge in [-0.1, -0.05) is 168 Å². The molecule has 0 aromatic heterocycles. The van der Waals surface area contributed by atoms with Crippen LogP contribution in [0.5, 0.6) is 0 Å². The van der Waals surface area contributed by atoms with E-state index in [1.54, 1.807) is 7.11 Å². The first-order chi connectivity index (χ1) is 22.5. The van der Waals surface area contributed by atoms with Crippen LogP contribution in [0.3, 0.4) is 0 Å². The average molecular weight is 656 g/mol. The number of hydrogen-bond donors (Lipinski definition) is 2. The van der Waals surface area contributed by atoms with Crippen molar-refractivity contribution in [1.82, 2.24) is 4.90 Å². The molecule has 0 radical (unpaired) electrons. The van der Waals surface area contributed by atoms with Crippen molar-refractivity contribution in [3.05, 3.63) is 0 Å². The summed E-state index contributed by atoms with van der Waals surface area (Å²) in [6.07, 6.45) is 32.9. The average Bonchev–Trinajstić information content (AvgIpc) is 3.07. The van der Waals surface area contributed by atoms with Gasteiger partial charge in [0.15, 0.2) is 0 Å². The van der Waals surface area contributed by atoms with Crippen LogP contribution in [0.1, 0.15) is 201 Å². The van der Waals surface area contributed by atoms with Gasteiger partial charge in [0, 0.05) is 33.2 Å². The van der Waals surface area contributed by atoms with Gasteiger partial charge < -0.3 is 24.6 Å². The molecule has 0 spiro atoms. The number of hydrogen-bond acceptors (Lipinski definition) is 5. The largest absolute Gasteiger partial charge is 0.394 e. The van der Waals surface area contributed by atoms with Crippen molar-refractivity contribution in [3.63, 3.8) is 0 Å². The molecule has 0 rings (SSSR count). The van der Waals surface area contributed by atoms with Crippen LogP contribution < -0.4 is 0 Å². The molecule has 0 bridgehead atoms. The van der Waals surface area contributed by atoms with E-state index in [1.165, 1.54) is 141 Å². The number of aliphatic hydroxyl groups excluding tert-OH is 2. The molecule has 0 aromatic carbocycles. The van der Waals surface area contributed by atoms with Crippen LogP contribution in [0.15, 0.2) is 0 Å². The maximum absolute atomic E-state index is 13.8. The van der Waals surface area contributed by atoms with Gasteiger partial charge in [-0.15, -0.1) is 0 Å². The van der Waals surface area contributed by atoms with Gasteiger partial charge in [0.25, 0.3) is 5.91 Å². The normalized spacial score (nSPS) is 13.6. The minimum Gasteiger partial charge on any atom is -0.394 e. The van der Waals surface area contributed by atoms with Crippen LogP contribution in [-0.2, 0) is 14.3 Å². The molecule has 3 unspecified atom stereocenters. The molecule has 0 heterocycles. The third kappa shape index (κ3) is 28.3. The lowest BCUT2D eigenvalue weighted by Gasteiger charge is -2.29. The van der Waals surface area contributed by atoms with Gasteiger partial charge in [0.2, 0.25) is 0 Å². The van der Waals surface area contributed by atoms with E-state index in [4.69, 9.17) is 9.47 Å². The van der Waals surface area contributed by atoms with Gasteiger partial charge in [-0.05, 0) is 25.7 Å². The predicted octanol–water partition coefficient (Wildman–Crippen LogP) is 10.6. The number of carbonyl (C=O) groups is 1. The molecule has 0 saturated carbocycles. The van der Waals surface area contributed by atoms with E-state index < -0.39 is 6.10 Å². The topological polar surface area (TPSA) is 79.2 Å². The Balaban J connectivity index is 4.57. The van der Waals surface area contributed by atoms with Gasteiger partial charge in [-0.2, -0.15) is 0 Å². The number of unbranched alkanes of at least 4 members (excludes halogenated alkanes) is 22. The first kappa shape index (κ1) is 45.3. The van der Waals surface area contributed by atoms with Gasteiger partial charge in [-0.25, -0.2) is 0 Å². The third-order valence-electron chi connectivity index (χ3n) is 9.52. The molecule has 6 nitrogen and oxygen atoms in total. The zero-order chi connectivity index (χ0) is 33.9. The highest BCUT2D eigenvalue weighted by Gasteiger charge is 2.25. The van der Waals surface area contributed by atoms with Crippen molar-refractivity contribution >= 4 is 5.91 Å². The van der Waals surface area contributed by atoms with Crippen LogP contribution in [0.2, 0.25) is 0 Å². The Morgan fingerprint density at radius 2 is 1.02 bits per heavy atom. The van der Waals surface area contributed by atoms with Crippen molar-refractivity contribution in [2.45, 2.75) is 219 Å². The van der Waals surface area contributed by atoms with E-state index in [2.05, 4.69) is 20.8 Å². The summed E-state index contributed by atoms with van der Waals surface area (Å²) in [7, 11) is 1.63. The van der Waals surface area contributed by atoms with Gasteiger partial charge in [0.05, 0.1) is 18.8 Å². The van der Waals surface area contributed by atoms with E-state index in [0.29, 0.717) is 32.5 Å². The van der Waals surface area contributed by atoms with Crippen LogP contribution in [0, 0.1) is 0 Å². The summed E-state index contributed by atoms with van der Waals surface area (Å²) in [6, 6.07) is 0. The monoisotopic (exact) mass is 656 g/mol. The number of methoxy groups -OCH3 is 1. The van der Waals surface area contributed by atoms with Crippen molar-refractivity contribution in [3.8, 4) is 0 Å². The number of carbonyl (C=O) groups excluding carboxylic acids is 1. The van der Waals surface area contributed by atoms with E-state index >= 15 is 0 Å². The lowest BCUT2D eigenvalue weighted by Crippen LogP contribution is -2.42. The number of ether oxygens (including phenoxy) is 2. The highest BCUT2D eigenvalue weighted by molar-refractivity contribution is 5.80. The van der Waals surface area contributed by atoms with Crippen LogP contribution >= 0.6 is 0 Å². The highest BCUT2D eigenvalue weighted by atomic mass is 16.5. The Labute approximate surface area is 287 Å². The van der Waals surface area contributed by atoms with E-state index in [0.717, 1.165) is 25.7 Å². The lowest BCUT2D eigenvalue weighted by atomic mass is 10.0. The Morgan fingerprint density at radius 1 is 0.587 bits per heavy atom. The SMILES string of the molecule is CCCCCCCCCCCCCCCCOC(CCCCCCCCCCCC)C(=O)N(CCC)CCC(CC(O)CO)OC. The minimum atomic E-state index is -0.794. The molecule has 0 aliphatic heterocycles. The van der Waals surface area contributed by atoms with Crippen molar-refractivity contribution < 1.29 is 24.5 Å². The molecule has 6 heteroatoms. The highest BCUT2D eigenvalue weighted by Crippen LogP contribution is 2.18. The summed E-state index contributed by atoms with van der Waals surface area (Å²) in [5, 5.41) is 19.1. The lowest BCUT2D eigenvalue weighted by molar-refractivity contribution is -0.145. The summed E-state index contributed by atoms with van der Waals surface area (Å²) in [4.78, 5) is 15.7. The minimum absolute atomic E-state index is 0.112. The summed E-state index contributed by atoms with van der Waals surface area (Å²) in [5.74, 6) is 0.112. The zero-order valence-corrected chi connectivity index (χ0v) is 31.4. The second-order valence-corrected chi connectivity index (χ2v) is 14.0. The molecular formula is C40H81NO5.